The molecule has 7 heteroatoms. The highest BCUT2D eigenvalue weighted by Crippen LogP contribution is 2.20. The summed E-state index contributed by atoms with van der Waals surface area (Å²) in [6.07, 6.45) is -1.02. The maximum absolute atomic E-state index is 13.4. The summed E-state index contributed by atoms with van der Waals surface area (Å²) in [5.41, 5.74) is 4.91. The quantitative estimate of drug-likeness (QED) is 0.762. The number of primary amides is 1. The minimum atomic E-state index is -1.02. The van der Waals surface area contributed by atoms with Gasteiger partial charge in [-0.15, -0.1) is 0 Å². The summed E-state index contributed by atoms with van der Waals surface area (Å²) >= 11 is 0. The van der Waals surface area contributed by atoms with Crippen molar-refractivity contribution in [3.63, 3.8) is 0 Å². The molecule has 18 heavy (non-hydrogen) atoms. The molecule has 0 saturated carbocycles. The van der Waals surface area contributed by atoms with E-state index in [0.29, 0.717) is 13.2 Å². The highest BCUT2D eigenvalue weighted by molar-refractivity contribution is 5.64. The molecule has 0 unspecified atom stereocenters. The predicted octanol–water partition coefficient (Wildman–Crippen LogP) is 1.62. The Kier molecular flexibility index (Phi) is 5.31. The number of ether oxygens (including phenoxy) is 2. The second-order valence-corrected chi connectivity index (χ2v) is 3.45. The minimum absolute atomic E-state index is 0.0371. The summed E-state index contributed by atoms with van der Waals surface area (Å²) in [4.78, 5) is 10.4. The molecule has 0 spiro atoms. The number of anilines is 1. The van der Waals surface area contributed by atoms with Crippen LogP contribution in [0.2, 0.25) is 0 Å². The first-order valence-corrected chi connectivity index (χ1v) is 5.17. The van der Waals surface area contributed by atoms with Gasteiger partial charge in [0.1, 0.15) is 18.2 Å². The molecule has 0 aromatic heterocycles. The van der Waals surface area contributed by atoms with Gasteiger partial charge in [0.25, 0.3) is 0 Å². The molecule has 0 bridgehead atoms. The lowest BCUT2D eigenvalue weighted by Crippen LogP contribution is -2.14. The number of amides is 1. The normalized spacial score (nSPS) is 10.2. The van der Waals surface area contributed by atoms with Gasteiger partial charge < -0.3 is 20.5 Å². The van der Waals surface area contributed by atoms with Gasteiger partial charge in [0.05, 0.1) is 12.3 Å². The highest BCUT2D eigenvalue weighted by atomic mass is 19.1. The van der Waals surface area contributed by atoms with E-state index in [1.807, 2.05) is 0 Å². The van der Waals surface area contributed by atoms with Crippen LogP contribution >= 0.6 is 0 Å². The highest BCUT2D eigenvalue weighted by Gasteiger charge is 2.10. The average Bonchev–Trinajstić information content (AvgIpc) is 2.30. The fraction of sp³-hybridized carbons (Fsp3) is 0.364. The average molecular weight is 260 g/mol. The van der Waals surface area contributed by atoms with Crippen LogP contribution in [-0.4, -0.2) is 26.4 Å². The van der Waals surface area contributed by atoms with Crippen molar-refractivity contribution in [3.8, 4) is 0 Å². The smallest absolute Gasteiger partial charge is 0.404 e. The van der Waals surface area contributed by atoms with Crippen LogP contribution in [0.4, 0.5) is 19.3 Å². The van der Waals surface area contributed by atoms with Crippen molar-refractivity contribution in [2.75, 3.05) is 25.6 Å². The van der Waals surface area contributed by atoms with Gasteiger partial charge in [-0.3, -0.25) is 0 Å². The topological polar surface area (TPSA) is 73.6 Å². The van der Waals surface area contributed by atoms with E-state index >= 15 is 0 Å². The summed E-state index contributed by atoms with van der Waals surface area (Å²) in [7, 11) is 1.51. The molecule has 0 saturated heterocycles. The number of carbonyl (C=O) groups excluding carboxylic acids is 1. The molecule has 1 aromatic carbocycles. The Labute approximate surface area is 103 Å². The molecule has 0 aliphatic rings. The van der Waals surface area contributed by atoms with E-state index in [2.05, 4.69) is 10.1 Å². The Balaban J connectivity index is 2.77. The standard InChI is InChI=1S/C11H14F2N2O3/c1-17-3-2-15-10-4-7(6-18-11(14)16)8(12)5-9(10)13/h4-5,15H,2-3,6H2,1H3,(H2,14,16). The molecule has 1 aromatic rings. The van der Waals surface area contributed by atoms with Gasteiger partial charge in [-0.05, 0) is 6.07 Å². The molecule has 100 valence electrons. The van der Waals surface area contributed by atoms with E-state index < -0.39 is 17.7 Å². The second-order valence-electron chi connectivity index (χ2n) is 3.45. The number of methoxy groups -OCH3 is 1. The summed E-state index contributed by atoms with van der Waals surface area (Å²) in [5, 5.41) is 2.73. The lowest BCUT2D eigenvalue weighted by atomic mass is 10.2. The third kappa shape index (κ3) is 4.17. The number of nitrogens with one attached hydrogen (secondary N) is 1. The van der Waals surface area contributed by atoms with E-state index in [1.54, 1.807) is 0 Å². The number of benzene rings is 1. The van der Waals surface area contributed by atoms with Gasteiger partial charge in [0.2, 0.25) is 0 Å². The van der Waals surface area contributed by atoms with Crippen molar-refractivity contribution in [2.45, 2.75) is 6.61 Å². The number of rotatable bonds is 6. The van der Waals surface area contributed by atoms with E-state index in [-0.39, 0.29) is 17.9 Å². The number of halogens is 2. The SMILES string of the molecule is COCCNc1cc(COC(N)=O)c(F)cc1F. The molecule has 1 rings (SSSR count). The van der Waals surface area contributed by atoms with Crippen molar-refractivity contribution >= 4 is 11.8 Å². The van der Waals surface area contributed by atoms with Crippen LogP contribution in [0.25, 0.3) is 0 Å². The Morgan fingerprint density at radius 1 is 1.39 bits per heavy atom. The van der Waals surface area contributed by atoms with Crippen LogP contribution in [0.1, 0.15) is 5.56 Å². The molecule has 5 nitrogen and oxygen atoms in total. The molecule has 0 radical (unpaired) electrons. The Morgan fingerprint density at radius 2 is 2.11 bits per heavy atom. The molecule has 0 fully saturated rings. The van der Waals surface area contributed by atoms with Crippen molar-refractivity contribution in [3.05, 3.63) is 29.3 Å². The van der Waals surface area contributed by atoms with E-state index in [4.69, 9.17) is 10.5 Å². The van der Waals surface area contributed by atoms with Gasteiger partial charge in [-0.25, -0.2) is 13.6 Å². The van der Waals surface area contributed by atoms with Crippen LogP contribution in [0.15, 0.2) is 12.1 Å². The van der Waals surface area contributed by atoms with Gasteiger partial charge >= 0.3 is 6.09 Å². The van der Waals surface area contributed by atoms with Gasteiger partial charge in [0.15, 0.2) is 0 Å². The molecule has 0 aliphatic heterocycles. The van der Waals surface area contributed by atoms with Crippen LogP contribution in [0.5, 0.6) is 0 Å². The Bertz CT molecular complexity index is 427. The summed E-state index contributed by atoms with van der Waals surface area (Å²) in [5.74, 6) is -1.53. The third-order valence-corrected chi connectivity index (χ3v) is 2.13. The van der Waals surface area contributed by atoms with Crippen molar-refractivity contribution in [1.29, 1.82) is 0 Å². The largest absolute Gasteiger partial charge is 0.445 e. The van der Waals surface area contributed by atoms with Crippen LogP contribution in [0, 0.1) is 11.6 Å². The zero-order valence-electron chi connectivity index (χ0n) is 9.83. The Morgan fingerprint density at radius 3 is 2.72 bits per heavy atom. The van der Waals surface area contributed by atoms with Gasteiger partial charge in [-0.1, -0.05) is 0 Å². The van der Waals surface area contributed by atoms with Crippen molar-refractivity contribution < 1.29 is 23.0 Å². The number of hydrogen-bond acceptors (Lipinski definition) is 4. The maximum Gasteiger partial charge on any atom is 0.404 e. The third-order valence-electron chi connectivity index (χ3n) is 2.13. The van der Waals surface area contributed by atoms with E-state index in [0.717, 1.165) is 6.07 Å². The fourth-order valence-electron chi connectivity index (χ4n) is 1.28. The summed E-state index contributed by atoms with van der Waals surface area (Å²) in [6, 6.07) is 1.94. The van der Waals surface area contributed by atoms with Gasteiger partial charge in [-0.2, -0.15) is 0 Å². The molecule has 1 amide bonds. The summed E-state index contributed by atoms with van der Waals surface area (Å²) in [6.45, 7) is 0.402. The molecular weight excluding hydrogens is 246 g/mol. The van der Waals surface area contributed by atoms with E-state index in [9.17, 15) is 13.6 Å². The monoisotopic (exact) mass is 260 g/mol. The lowest BCUT2D eigenvalue weighted by molar-refractivity contribution is 0.149. The fourth-order valence-corrected chi connectivity index (χ4v) is 1.28. The van der Waals surface area contributed by atoms with Crippen LogP contribution in [-0.2, 0) is 16.1 Å². The zero-order valence-corrected chi connectivity index (χ0v) is 9.83. The van der Waals surface area contributed by atoms with Crippen LogP contribution in [0.3, 0.4) is 0 Å². The Hall–Kier alpha value is -1.89. The van der Waals surface area contributed by atoms with Crippen molar-refractivity contribution in [1.82, 2.24) is 0 Å². The summed E-state index contributed by atoms with van der Waals surface area (Å²) < 4.78 is 36.0. The zero-order chi connectivity index (χ0) is 13.5. The molecule has 0 heterocycles. The number of hydrogen-bond donors (Lipinski definition) is 2. The van der Waals surface area contributed by atoms with Crippen molar-refractivity contribution in [2.24, 2.45) is 5.73 Å². The van der Waals surface area contributed by atoms with E-state index in [1.165, 1.54) is 13.2 Å². The van der Waals surface area contributed by atoms with Gasteiger partial charge in [0, 0.05) is 25.3 Å². The predicted molar refractivity (Wildman–Crippen MR) is 61.1 cm³/mol. The molecular formula is C11H14F2N2O3. The molecule has 0 aliphatic carbocycles. The number of nitrogens with two attached hydrogens (primary N) is 1. The van der Waals surface area contributed by atoms with Crippen LogP contribution < -0.4 is 11.1 Å². The lowest BCUT2D eigenvalue weighted by Gasteiger charge is -2.10. The first kappa shape index (κ1) is 14.2. The number of carbonyl (C=O) groups is 1. The molecule has 0 atom stereocenters. The minimum Gasteiger partial charge on any atom is -0.445 e. The first-order valence-electron chi connectivity index (χ1n) is 5.17. The first-order chi connectivity index (χ1) is 8.54. The maximum atomic E-state index is 13.4. The molecule has 3 N–H and O–H groups in total. The second kappa shape index (κ2) is 6.75.